The highest BCUT2D eigenvalue weighted by Gasteiger charge is 2.43. The minimum Gasteiger partial charge on any atom is -0.450 e. The largest absolute Gasteiger partial charge is 0.450 e. The first-order valence-corrected chi connectivity index (χ1v) is 10.5. The highest BCUT2D eigenvalue weighted by Crippen LogP contribution is 2.42. The lowest BCUT2D eigenvalue weighted by atomic mass is 9.98. The number of rotatable bonds is 2. The normalized spacial score (nSPS) is 15.5. The van der Waals surface area contributed by atoms with Crippen LogP contribution in [0.5, 0.6) is 0 Å². The maximum absolute atomic E-state index is 13.6. The van der Waals surface area contributed by atoms with Gasteiger partial charge in [0.05, 0.1) is 17.0 Å². The van der Waals surface area contributed by atoms with Gasteiger partial charge in [-0.3, -0.25) is 14.5 Å². The molecule has 0 radical (unpaired) electrons. The fraction of sp³-hybridized carbons (Fsp3) is 0.120. The Kier molecular flexibility index (Phi) is 4.65. The van der Waals surface area contributed by atoms with E-state index in [1.54, 1.807) is 41.3 Å². The number of nitrogens with zero attached hydrogens (tertiary/aromatic N) is 1. The Morgan fingerprint density at radius 3 is 2.39 bits per heavy atom. The van der Waals surface area contributed by atoms with Crippen LogP contribution < -0.4 is 10.3 Å². The van der Waals surface area contributed by atoms with Gasteiger partial charge in [-0.05, 0) is 73.0 Å². The smallest absolute Gasteiger partial charge is 0.295 e. The van der Waals surface area contributed by atoms with Gasteiger partial charge in [0.25, 0.3) is 5.91 Å². The molecular formula is C25H17Cl2NO3. The van der Waals surface area contributed by atoms with Crippen LogP contribution in [-0.4, -0.2) is 5.91 Å². The summed E-state index contributed by atoms with van der Waals surface area (Å²) < 4.78 is 5.96. The van der Waals surface area contributed by atoms with Crippen LogP contribution in [0.4, 0.5) is 5.69 Å². The number of aryl methyl sites for hydroxylation is 2. The summed E-state index contributed by atoms with van der Waals surface area (Å²) in [4.78, 5) is 28.7. The third kappa shape index (κ3) is 3.14. The quantitative estimate of drug-likeness (QED) is 0.352. The molecule has 0 N–H and O–H groups in total. The van der Waals surface area contributed by atoms with E-state index in [2.05, 4.69) is 0 Å². The number of fused-ring (bicyclic) bond motifs is 2. The number of carbonyl (C=O) groups is 1. The van der Waals surface area contributed by atoms with E-state index in [4.69, 9.17) is 27.6 Å². The summed E-state index contributed by atoms with van der Waals surface area (Å²) in [5.41, 5.74) is 3.92. The number of halogens is 2. The topological polar surface area (TPSA) is 50.5 Å². The first-order valence-electron chi connectivity index (χ1n) is 9.77. The van der Waals surface area contributed by atoms with Gasteiger partial charge < -0.3 is 4.42 Å². The summed E-state index contributed by atoms with van der Waals surface area (Å²) in [7, 11) is 0. The molecule has 1 amide bonds. The molecule has 31 heavy (non-hydrogen) atoms. The van der Waals surface area contributed by atoms with E-state index in [0.717, 1.165) is 16.7 Å². The van der Waals surface area contributed by atoms with Crippen LogP contribution in [0.15, 0.2) is 69.9 Å². The standard InChI is InChI=1S/C25H17Cl2NO3/c1-13-6-8-18(10-14(13)2)28-22(15-4-3-5-16(26)11-15)21-23(29)19-12-17(27)7-9-20(19)31-24(21)25(28)30/h3-12,22H,1-2H3. The number of amides is 1. The van der Waals surface area contributed by atoms with Gasteiger partial charge in [-0.1, -0.05) is 41.4 Å². The lowest BCUT2D eigenvalue weighted by Gasteiger charge is -2.26. The van der Waals surface area contributed by atoms with Crippen molar-refractivity contribution in [2.45, 2.75) is 19.9 Å². The number of hydrogen-bond acceptors (Lipinski definition) is 3. The molecule has 1 aliphatic rings. The second-order valence-corrected chi connectivity index (χ2v) is 8.59. The molecule has 2 heterocycles. The highest BCUT2D eigenvalue weighted by molar-refractivity contribution is 6.31. The van der Waals surface area contributed by atoms with Gasteiger partial charge in [0.2, 0.25) is 5.76 Å². The molecule has 1 aliphatic heterocycles. The van der Waals surface area contributed by atoms with Crippen LogP contribution in [0.1, 0.15) is 38.9 Å². The first kappa shape index (κ1) is 19.9. The van der Waals surface area contributed by atoms with E-state index in [9.17, 15) is 9.59 Å². The van der Waals surface area contributed by atoms with Crippen LogP contribution in [0.2, 0.25) is 10.0 Å². The van der Waals surface area contributed by atoms with Crippen molar-refractivity contribution >= 4 is 45.8 Å². The Bertz CT molecular complexity index is 1440. The zero-order valence-electron chi connectivity index (χ0n) is 16.8. The Hall–Kier alpha value is -3.08. The summed E-state index contributed by atoms with van der Waals surface area (Å²) in [5.74, 6) is -0.319. The second kappa shape index (κ2) is 7.26. The van der Waals surface area contributed by atoms with Crippen molar-refractivity contribution < 1.29 is 9.21 Å². The maximum Gasteiger partial charge on any atom is 0.295 e. The molecule has 0 bridgehead atoms. The summed E-state index contributed by atoms with van der Waals surface area (Å²) in [6.07, 6.45) is 0. The third-order valence-corrected chi connectivity index (χ3v) is 6.24. The zero-order valence-corrected chi connectivity index (χ0v) is 18.3. The molecule has 4 nitrogen and oxygen atoms in total. The van der Waals surface area contributed by atoms with Crippen LogP contribution in [0, 0.1) is 13.8 Å². The fourth-order valence-electron chi connectivity index (χ4n) is 4.08. The van der Waals surface area contributed by atoms with Crippen molar-refractivity contribution in [2.75, 3.05) is 4.90 Å². The van der Waals surface area contributed by atoms with Crippen molar-refractivity contribution in [1.29, 1.82) is 0 Å². The number of benzene rings is 3. The average Bonchev–Trinajstić information content (AvgIpc) is 3.03. The van der Waals surface area contributed by atoms with E-state index in [0.29, 0.717) is 32.3 Å². The maximum atomic E-state index is 13.6. The van der Waals surface area contributed by atoms with Crippen LogP contribution in [0.25, 0.3) is 11.0 Å². The van der Waals surface area contributed by atoms with E-state index in [-0.39, 0.29) is 17.1 Å². The van der Waals surface area contributed by atoms with Crippen LogP contribution in [-0.2, 0) is 0 Å². The molecular weight excluding hydrogens is 433 g/mol. The molecule has 0 spiro atoms. The molecule has 1 atom stereocenters. The molecule has 4 aromatic rings. The van der Waals surface area contributed by atoms with Crippen molar-refractivity contribution in [2.24, 2.45) is 0 Å². The second-order valence-electron chi connectivity index (χ2n) is 7.72. The van der Waals surface area contributed by atoms with E-state index >= 15 is 0 Å². The predicted molar refractivity (Wildman–Crippen MR) is 124 cm³/mol. The van der Waals surface area contributed by atoms with Crippen LogP contribution in [0.3, 0.4) is 0 Å². The first-order chi connectivity index (χ1) is 14.8. The van der Waals surface area contributed by atoms with Gasteiger partial charge in [0.1, 0.15) is 5.58 Å². The van der Waals surface area contributed by atoms with Gasteiger partial charge in [-0.15, -0.1) is 0 Å². The zero-order chi connectivity index (χ0) is 21.9. The Labute approximate surface area is 188 Å². The van der Waals surface area contributed by atoms with Crippen molar-refractivity contribution in [3.63, 3.8) is 0 Å². The Balaban J connectivity index is 1.83. The minimum atomic E-state index is -0.664. The van der Waals surface area contributed by atoms with Crippen molar-refractivity contribution in [1.82, 2.24) is 0 Å². The molecule has 5 rings (SSSR count). The van der Waals surface area contributed by atoms with E-state index < -0.39 is 6.04 Å². The number of hydrogen-bond donors (Lipinski definition) is 0. The average molecular weight is 450 g/mol. The summed E-state index contributed by atoms with van der Waals surface area (Å²) >= 11 is 12.4. The van der Waals surface area contributed by atoms with E-state index in [1.165, 1.54) is 0 Å². The summed E-state index contributed by atoms with van der Waals surface area (Å²) in [5, 5.41) is 1.29. The Morgan fingerprint density at radius 2 is 1.65 bits per heavy atom. The number of carbonyl (C=O) groups excluding carboxylic acids is 1. The fourth-order valence-corrected chi connectivity index (χ4v) is 4.45. The molecule has 0 saturated heterocycles. The summed E-state index contributed by atoms with van der Waals surface area (Å²) in [6, 6.07) is 17.1. The molecule has 6 heteroatoms. The molecule has 0 fully saturated rings. The van der Waals surface area contributed by atoms with Gasteiger partial charge in [-0.2, -0.15) is 0 Å². The van der Waals surface area contributed by atoms with Gasteiger partial charge in [-0.25, -0.2) is 0 Å². The van der Waals surface area contributed by atoms with Crippen molar-refractivity contribution in [3.05, 3.63) is 109 Å². The van der Waals surface area contributed by atoms with Gasteiger partial charge >= 0.3 is 0 Å². The number of anilines is 1. The molecule has 1 aromatic heterocycles. The SMILES string of the molecule is Cc1ccc(N2C(=O)c3oc4ccc(Cl)cc4c(=O)c3C2c2cccc(Cl)c2)cc1C. The monoisotopic (exact) mass is 449 g/mol. The highest BCUT2D eigenvalue weighted by atomic mass is 35.5. The lowest BCUT2D eigenvalue weighted by Crippen LogP contribution is -2.29. The summed E-state index contributed by atoms with van der Waals surface area (Å²) in [6.45, 7) is 4.00. The van der Waals surface area contributed by atoms with Gasteiger partial charge in [0.15, 0.2) is 5.43 Å². The lowest BCUT2D eigenvalue weighted by molar-refractivity contribution is 0.0971. The third-order valence-electron chi connectivity index (χ3n) is 5.77. The molecule has 3 aromatic carbocycles. The molecule has 154 valence electrons. The molecule has 1 unspecified atom stereocenters. The minimum absolute atomic E-state index is 0.0445. The molecule has 0 saturated carbocycles. The van der Waals surface area contributed by atoms with Gasteiger partial charge in [0, 0.05) is 15.7 Å². The van der Waals surface area contributed by atoms with E-state index in [1.807, 2.05) is 38.1 Å². The molecule has 0 aliphatic carbocycles. The van der Waals surface area contributed by atoms with Crippen molar-refractivity contribution in [3.8, 4) is 0 Å². The Morgan fingerprint density at radius 1 is 0.871 bits per heavy atom. The van der Waals surface area contributed by atoms with Crippen LogP contribution >= 0.6 is 23.2 Å². The predicted octanol–water partition coefficient (Wildman–Crippen LogP) is 6.47.